The van der Waals surface area contributed by atoms with Crippen LogP contribution in [0.1, 0.15) is 25.7 Å². The summed E-state index contributed by atoms with van der Waals surface area (Å²) < 4.78 is 0. The molecule has 2 heterocycles. The Balaban J connectivity index is 1.69. The lowest BCUT2D eigenvalue weighted by atomic mass is 9.98. The molecule has 2 aliphatic heterocycles. The molecular formula is C10H19N2. The molecule has 0 amide bonds. The van der Waals surface area contributed by atoms with Crippen molar-refractivity contribution in [3.05, 3.63) is 0 Å². The average Bonchev–Trinajstić information content (AvgIpc) is 2.59. The van der Waals surface area contributed by atoms with Gasteiger partial charge in [0.1, 0.15) is 0 Å². The van der Waals surface area contributed by atoms with Crippen molar-refractivity contribution in [2.45, 2.75) is 25.7 Å². The molecule has 2 aliphatic rings. The Morgan fingerprint density at radius 3 is 2.42 bits per heavy atom. The predicted octanol–water partition coefficient (Wildman–Crippen LogP) is 1.10. The van der Waals surface area contributed by atoms with Gasteiger partial charge in [-0.15, -0.1) is 0 Å². The Morgan fingerprint density at radius 2 is 1.75 bits per heavy atom. The van der Waals surface area contributed by atoms with Crippen molar-refractivity contribution in [2.24, 2.45) is 5.92 Å². The molecule has 1 radical (unpaired) electrons. The van der Waals surface area contributed by atoms with Crippen LogP contribution in [-0.4, -0.2) is 37.6 Å². The van der Waals surface area contributed by atoms with Crippen LogP contribution in [0, 0.1) is 5.92 Å². The van der Waals surface area contributed by atoms with Crippen molar-refractivity contribution < 1.29 is 0 Å². The predicted molar refractivity (Wildman–Crippen MR) is 50.3 cm³/mol. The second-order valence-electron chi connectivity index (χ2n) is 4.12. The SMILES string of the molecule is C1CCN(CC2CC[N]CC2)C1. The fourth-order valence-electron chi connectivity index (χ4n) is 2.32. The monoisotopic (exact) mass is 167 g/mol. The third kappa shape index (κ3) is 2.20. The van der Waals surface area contributed by atoms with E-state index < -0.39 is 0 Å². The highest BCUT2D eigenvalue weighted by molar-refractivity contribution is 4.74. The second-order valence-corrected chi connectivity index (χ2v) is 4.12. The molecule has 0 aromatic heterocycles. The number of nitrogens with zero attached hydrogens (tertiary/aromatic N) is 2. The van der Waals surface area contributed by atoms with Crippen molar-refractivity contribution in [3.8, 4) is 0 Å². The van der Waals surface area contributed by atoms with Gasteiger partial charge >= 0.3 is 0 Å². The van der Waals surface area contributed by atoms with Gasteiger partial charge in [-0.25, -0.2) is 5.32 Å². The molecule has 0 atom stereocenters. The molecule has 2 rings (SSSR count). The zero-order valence-corrected chi connectivity index (χ0v) is 7.84. The molecule has 0 unspecified atom stereocenters. The maximum atomic E-state index is 4.38. The minimum Gasteiger partial charge on any atom is -0.303 e. The Hall–Kier alpha value is -0.0800. The van der Waals surface area contributed by atoms with Gasteiger partial charge in [-0.2, -0.15) is 0 Å². The van der Waals surface area contributed by atoms with Crippen LogP contribution in [-0.2, 0) is 0 Å². The number of rotatable bonds is 2. The second kappa shape index (κ2) is 4.24. The summed E-state index contributed by atoms with van der Waals surface area (Å²) in [6, 6.07) is 0. The Bertz CT molecular complexity index is 124. The third-order valence-corrected chi connectivity index (χ3v) is 3.11. The number of hydrogen-bond donors (Lipinski definition) is 0. The minimum atomic E-state index is 0.959. The van der Waals surface area contributed by atoms with Crippen LogP contribution >= 0.6 is 0 Å². The van der Waals surface area contributed by atoms with Crippen molar-refractivity contribution >= 4 is 0 Å². The molecule has 0 aliphatic carbocycles. The summed E-state index contributed by atoms with van der Waals surface area (Å²) >= 11 is 0. The first kappa shape index (κ1) is 8.52. The Labute approximate surface area is 75.3 Å². The van der Waals surface area contributed by atoms with E-state index in [1.807, 2.05) is 0 Å². The van der Waals surface area contributed by atoms with E-state index in [1.54, 1.807) is 0 Å². The van der Waals surface area contributed by atoms with E-state index in [2.05, 4.69) is 10.2 Å². The lowest BCUT2D eigenvalue weighted by molar-refractivity contribution is 0.239. The highest BCUT2D eigenvalue weighted by Crippen LogP contribution is 2.17. The molecule has 2 heteroatoms. The van der Waals surface area contributed by atoms with E-state index in [9.17, 15) is 0 Å². The Morgan fingerprint density at radius 1 is 1.08 bits per heavy atom. The topological polar surface area (TPSA) is 17.3 Å². The van der Waals surface area contributed by atoms with Gasteiger partial charge in [0.2, 0.25) is 0 Å². The van der Waals surface area contributed by atoms with Gasteiger partial charge in [0, 0.05) is 19.6 Å². The van der Waals surface area contributed by atoms with Crippen LogP contribution in [0.15, 0.2) is 0 Å². The van der Waals surface area contributed by atoms with Crippen LogP contribution < -0.4 is 5.32 Å². The summed E-state index contributed by atoms with van der Waals surface area (Å²) in [5.74, 6) is 0.959. The van der Waals surface area contributed by atoms with Crippen LogP contribution in [0.5, 0.6) is 0 Å². The summed E-state index contributed by atoms with van der Waals surface area (Å²) in [6.07, 6.45) is 5.54. The molecule has 0 saturated carbocycles. The molecule has 0 aromatic rings. The summed E-state index contributed by atoms with van der Waals surface area (Å²) in [6.45, 7) is 6.31. The molecule has 12 heavy (non-hydrogen) atoms. The number of piperidine rings is 1. The van der Waals surface area contributed by atoms with E-state index in [4.69, 9.17) is 0 Å². The first-order valence-electron chi connectivity index (χ1n) is 5.31. The van der Waals surface area contributed by atoms with Gasteiger partial charge < -0.3 is 4.90 Å². The van der Waals surface area contributed by atoms with Crippen molar-refractivity contribution in [1.29, 1.82) is 0 Å². The van der Waals surface area contributed by atoms with E-state index >= 15 is 0 Å². The lowest BCUT2D eigenvalue weighted by Gasteiger charge is -2.26. The molecule has 2 saturated heterocycles. The van der Waals surface area contributed by atoms with E-state index in [1.165, 1.54) is 45.3 Å². The number of likely N-dealkylation sites (tertiary alicyclic amines) is 1. The first-order chi connectivity index (χ1) is 5.95. The molecule has 2 nitrogen and oxygen atoms in total. The van der Waals surface area contributed by atoms with Gasteiger partial charge in [0.25, 0.3) is 0 Å². The van der Waals surface area contributed by atoms with Gasteiger partial charge in [-0.05, 0) is 44.7 Å². The van der Waals surface area contributed by atoms with Gasteiger partial charge in [0.05, 0.1) is 0 Å². The fourth-order valence-corrected chi connectivity index (χ4v) is 2.32. The fraction of sp³-hybridized carbons (Fsp3) is 1.00. The third-order valence-electron chi connectivity index (χ3n) is 3.11. The van der Waals surface area contributed by atoms with Gasteiger partial charge in [0.15, 0.2) is 0 Å². The summed E-state index contributed by atoms with van der Waals surface area (Å²) in [5.41, 5.74) is 0. The maximum Gasteiger partial charge on any atom is 0.0136 e. The zero-order chi connectivity index (χ0) is 8.23. The van der Waals surface area contributed by atoms with Crippen molar-refractivity contribution in [3.63, 3.8) is 0 Å². The lowest BCUT2D eigenvalue weighted by Crippen LogP contribution is -2.32. The van der Waals surface area contributed by atoms with E-state index in [0.29, 0.717) is 0 Å². The van der Waals surface area contributed by atoms with E-state index in [0.717, 1.165) is 19.0 Å². The molecule has 69 valence electrons. The van der Waals surface area contributed by atoms with Gasteiger partial charge in [-0.1, -0.05) is 0 Å². The standard InChI is InChI=1S/C10H19N2/c1-2-8-12(7-1)9-10-3-5-11-6-4-10/h10H,1-9H2. The first-order valence-corrected chi connectivity index (χ1v) is 5.31. The van der Waals surface area contributed by atoms with Crippen molar-refractivity contribution in [2.75, 3.05) is 32.7 Å². The van der Waals surface area contributed by atoms with Crippen LogP contribution in [0.25, 0.3) is 0 Å². The van der Waals surface area contributed by atoms with Crippen LogP contribution in [0.2, 0.25) is 0 Å². The molecular weight excluding hydrogens is 148 g/mol. The van der Waals surface area contributed by atoms with Crippen LogP contribution in [0.4, 0.5) is 0 Å². The molecule has 2 fully saturated rings. The maximum absolute atomic E-state index is 4.38. The van der Waals surface area contributed by atoms with E-state index in [-0.39, 0.29) is 0 Å². The molecule has 0 bridgehead atoms. The molecule has 0 N–H and O–H groups in total. The smallest absolute Gasteiger partial charge is 0.0136 e. The van der Waals surface area contributed by atoms with Crippen molar-refractivity contribution in [1.82, 2.24) is 10.2 Å². The van der Waals surface area contributed by atoms with Gasteiger partial charge in [-0.3, -0.25) is 0 Å². The van der Waals surface area contributed by atoms with Crippen LogP contribution in [0.3, 0.4) is 0 Å². The highest BCUT2D eigenvalue weighted by atomic mass is 15.1. The summed E-state index contributed by atoms with van der Waals surface area (Å²) in [7, 11) is 0. The zero-order valence-electron chi connectivity index (χ0n) is 7.84. The highest BCUT2D eigenvalue weighted by Gasteiger charge is 2.19. The number of hydrogen-bond acceptors (Lipinski definition) is 1. The summed E-state index contributed by atoms with van der Waals surface area (Å²) in [4.78, 5) is 2.63. The largest absolute Gasteiger partial charge is 0.303 e. The molecule has 0 aromatic carbocycles. The summed E-state index contributed by atoms with van der Waals surface area (Å²) in [5, 5.41) is 4.38. The average molecular weight is 167 g/mol. The minimum absolute atomic E-state index is 0.959. The Kier molecular flexibility index (Phi) is 3.01. The normalized spacial score (nSPS) is 28.0. The quantitative estimate of drug-likeness (QED) is 0.602. The molecule has 0 spiro atoms.